The Bertz CT molecular complexity index is 376. The van der Waals surface area contributed by atoms with Crippen molar-refractivity contribution in [3.8, 4) is 0 Å². The van der Waals surface area contributed by atoms with Gasteiger partial charge in [0.05, 0.1) is 10.6 Å². The van der Waals surface area contributed by atoms with Gasteiger partial charge in [-0.2, -0.15) is 11.8 Å². The Hall–Kier alpha value is -0.0600. The van der Waals surface area contributed by atoms with E-state index in [1.54, 1.807) is 23.9 Å². The molecule has 0 saturated carbocycles. The molecule has 0 amide bonds. The first kappa shape index (κ1) is 15.0. The van der Waals surface area contributed by atoms with E-state index >= 15 is 0 Å². The van der Waals surface area contributed by atoms with E-state index < -0.39 is 6.10 Å². The summed E-state index contributed by atoms with van der Waals surface area (Å²) in [5.41, 5.74) is 0.945. The zero-order valence-electron chi connectivity index (χ0n) is 10.3. The molecule has 0 saturated heterocycles. The Balaban J connectivity index is 2.50. The van der Waals surface area contributed by atoms with Gasteiger partial charge in [-0.05, 0) is 40.0 Å². The van der Waals surface area contributed by atoms with Crippen molar-refractivity contribution in [3.63, 3.8) is 0 Å². The molecule has 1 unspecified atom stereocenters. The number of aliphatic hydroxyl groups is 1. The van der Waals surface area contributed by atoms with Gasteiger partial charge in [-0.1, -0.05) is 26.8 Å². The molecule has 1 rings (SSSR count). The number of aliphatic hydroxyl groups excluding tert-OH is 1. The average Bonchev–Trinajstić information content (AvgIpc) is 2.20. The Morgan fingerprint density at radius 3 is 2.59 bits per heavy atom. The highest BCUT2D eigenvalue weighted by molar-refractivity contribution is 9.10. The molecule has 1 nitrogen and oxygen atoms in total. The van der Waals surface area contributed by atoms with Crippen LogP contribution in [-0.4, -0.2) is 21.7 Å². The van der Waals surface area contributed by atoms with Crippen molar-refractivity contribution in [1.29, 1.82) is 0 Å². The van der Waals surface area contributed by atoms with Gasteiger partial charge in [0.25, 0.3) is 0 Å². The third-order valence-corrected chi connectivity index (χ3v) is 4.19. The van der Waals surface area contributed by atoms with E-state index in [9.17, 15) is 9.50 Å². The minimum Gasteiger partial charge on any atom is -0.392 e. The topological polar surface area (TPSA) is 20.2 Å². The maximum atomic E-state index is 13.0. The summed E-state index contributed by atoms with van der Waals surface area (Å²) < 4.78 is 13.6. The summed E-state index contributed by atoms with van der Waals surface area (Å²) in [6.45, 7) is 6.37. The lowest BCUT2D eigenvalue weighted by atomic mass is 10.1. The first-order chi connectivity index (χ1) is 7.78. The molecule has 0 aliphatic heterocycles. The molecule has 1 aromatic carbocycles. The van der Waals surface area contributed by atoms with Gasteiger partial charge in [0.15, 0.2) is 0 Å². The minimum absolute atomic E-state index is 0.157. The summed E-state index contributed by atoms with van der Waals surface area (Å²) in [5, 5.41) is 9.90. The SMILES string of the molecule is CC(C)(C)SCC(O)Cc1ccc(F)c(Br)c1. The Morgan fingerprint density at radius 1 is 1.41 bits per heavy atom. The molecule has 0 radical (unpaired) electrons. The minimum atomic E-state index is -0.392. The summed E-state index contributed by atoms with van der Waals surface area (Å²) in [5.74, 6) is 0.422. The van der Waals surface area contributed by atoms with E-state index in [4.69, 9.17) is 0 Å². The highest BCUT2D eigenvalue weighted by Gasteiger charge is 2.14. The summed E-state index contributed by atoms with van der Waals surface area (Å²) in [6, 6.07) is 4.86. The lowest BCUT2D eigenvalue weighted by molar-refractivity contribution is 0.200. The number of benzene rings is 1. The third-order valence-electron chi connectivity index (χ3n) is 2.16. The Labute approximate surface area is 115 Å². The molecule has 17 heavy (non-hydrogen) atoms. The van der Waals surface area contributed by atoms with Crippen LogP contribution in [0.25, 0.3) is 0 Å². The highest BCUT2D eigenvalue weighted by Crippen LogP contribution is 2.25. The van der Waals surface area contributed by atoms with E-state index in [0.29, 0.717) is 16.6 Å². The van der Waals surface area contributed by atoms with Crippen molar-refractivity contribution in [1.82, 2.24) is 0 Å². The van der Waals surface area contributed by atoms with Crippen LogP contribution in [-0.2, 0) is 6.42 Å². The second-order valence-corrected chi connectivity index (χ2v) is 7.73. The van der Waals surface area contributed by atoms with Gasteiger partial charge in [-0.25, -0.2) is 4.39 Å². The van der Waals surface area contributed by atoms with Gasteiger partial charge in [-0.3, -0.25) is 0 Å². The number of rotatable bonds is 4. The van der Waals surface area contributed by atoms with Crippen LogP contribution in [0.2, 0.25) is 0 Å². The fraction of sp³-hybridized carbons (Fsp3) is 0.538. The summed E-state index contributed by atoms with van der Waals surface area (Å²) in [6.07, 6.45) is 0.165. The molecule has 0 heterocycles. The Kier molecular flexibility index (Phi) is 5.48. The Morgan fingerprint density at radius 2 is 2.06 bits per heavy atom. The molecule has 96 valence electrons. The predicted octanol–water partition coefficient (Wildman–Crippen LogP) is 4.02. The first-order valence-electron chi connectivity index (χ1n) is 5.54. The molecule has 1 N–H and O–H groups in total. The molecule has 4 heteroatoms. The van der Waals surface area contributed by atoms with Crippen LogP contribution in [0.5, 0.6) is 0 Å². The zero-order valence-corrected chi connectivity index (χ0v) is 12.7. The van der Waals surface area contributed by atoms with Crippen molar-refractivity contribution < 1.29 is 9.50 Å². The lowest BCUT2D eigenvalue weighted by Gasteiger charge is -2.20. The summed E-state index contributed by atoms with van der Waals surface area (Å²) in [7, 11) is 0. The number of hydrogen-bond acceptors (Lipinski definition) is 2. The number of hydrogen-bond donors (Lipinski definition) is 1. The van der Waals surface area contributed by atoms with Gasteiger partial charge in [-0.15, -0.1) is 0 Å². The van der Waals surface area contributed by atoms with Gasteiger partial charge in [0, 0.05) is 10.5 Å². The van der Waals surface area contributed by atoms with Gasteiger partial charge < -0.3 is 5.11 Å². The average molecular weight is 321 g/mol. The fourth-order valence-electron chi connectivity index (χ4n) is 1.34. The zero-order chi connectivity index (χ0) is 13.1. The maximum absolute atomic E-state index is 13.0. The van der Waals surface area contributed by atoms with E-state index in [-0.39, 0.29) is 10.6 Å². The normalized spacial score (nSPS) is 13.8. The van der Waals surface area contributed by atoms with E-state index in [1.165, 1.54) is 6.07 Å². The highest BCUT2D eigenvalue weighted by atomic mass is 79.9. The fourth-order valence-corrected chi connectivity index (χ4v) is 2.58. The summed E-state index contributed by atoms with van der Waals surface area (Å²) in [4.78, 5) is 0. The van der Waals surface area contributed by atoms with Crippen molar-refractivity contribution in [2.24, 2.45) is 0 Å². The van der Waals surface area contributed by atoms with Crippen molar-refractivity contribution in [2.45, 2.75) is 38.0 Å². The standard InChI is InChI=1S/C13H18BrFOS/c1-13(2,3)17-8-10(16)6-9-4-5-12(15)11(14)7-9/h4-5,7,10,16H,6,8H2,1-3H3. The smallest absolute Gasteiger partial charge is 0.137 e. The number of halogens is 2. The van der Waals surface area contributed by atoms with Crippen LogP contribution in [0.1, 0.15) is 26.3 Å². The second-order valence-electron chi connectivity index (χ2n) is 5.03. The third kappa shape index (κ3) is 5.89. The molecule has 0 bridgehead atoms. The molecule has 0 aliphatic rings. The van der Waals surface area contributed by atoms with Crippen molar-refractivity contribution in [2.75, 3.05) is 5.75 Å². The maximum Gasteiger partial charge on any atom is 0.137 e. The molecular weight excluding hydrogens is 303 g/mol. The van der Waals surface area contributed by atoms with Crippen LogP contribution in [0.15, 0.2) is 22.7 Å². The molecule has 0 aliphatic carbocycles. The molecule has 0 fully saturated rings. The molecule has 1 atom stereocenters. The largest absolute Gasteiger partial charge is 0.392 e. The monoisotopic (exact) mass is 320 g/mol. The predicted molar refractivity (Wildman–Crippen MR) is 76.0 cm³/mol. The van der Waals surface area contributed by atoms with Gasteiger partial charge in [0.1, 0.15) is 5.82 Å². The quantitative estimate of drug-likeness (QED) is 0.904. The van der Waals surface area contributed by atoms with Crippen LogP contribution in [0.4, 0.5) is 4.39 Å². The van der Waals surface area contributed by atoms with Crippen LogP contribution in [0.3, 0.4) is 0 Å². The first-order valence-corrected chi connectivity index (χ1v) is 7.32. The van der Waals surface area contributed by atoms with Gasteiger partial charge >= 0.3 is 0 Å². The molecule has 0 spiro atoms. The molecule has 1 aromatic rings. The molecule has 0 aromatic heterocycles. The van der Waals surface area contributed by atoms with Crippen LogP contribution < -0.4 is 0 Å². The summed E-state index contributed by atoms with van der Waals surface area (Å²) >= 11 is 4.88. The van der Waals surface area contributed by atoms with Crippen molar-refractivity contribution in [3.05, 3.63) is 34.1 Å². The molecular formula is C13H18BrFOS. The van der Waals surface area contributed by atoms with Crippen molar-refractivity contribution >= 4 is 27.7 Å². The van der Waals surface area contributed by atoms with Gasteiger partial charge in [0.2, 0.25) is 0 Å². The van der Waals surface area contributed by atoms with E-state index in [1.807, 2.05) is 0 Å². The number of thioether (sulfide) groups is 1. The second kappa shape index (κ2) is 6.21. The lowest BCUT2D eigenvalue weighted by Crippen LogP contribution is -2.18. The van der Waals surface area contributed by atoms with E-state index in [2.05, 4.69) is 36.7 Å². The van der Waals surface area contributed by atoms with E-state index in [0.717, 1.165) is 5.56 Å². The van der Waals surface area contributed by atoms with Crippen LogP contribution in [0, 0.1) is 5.82 Å². The van der Waals surface area contributed by atoms with Crippen LogP contribution >= 0.6 is 27.7 Å².